The third kappa shape index (κ3) is 6.26. The van der Waals surface area contributed by atoms with E-state index in [1.807, 2.05) is 79.7 Å². The molecule has 5 nitrogen and oxygen atoms in total. The van der Waals surface area contributed by atoms with Crippen molar-refractivity contribution in [1.82, 2.24) is 14.9 Å². The van der Waals surface area contributed by atoms with Crippen LogP contribution in [0.1, 0.15) is 40.3 Å². The number of carbonyl (C=O) groups is 1. The molecule has 42 heavy (non-hydrogen) atoms. The van der Waals surface area contributed by atoms with Gasteiger partial charge in [-0.05, 0) is 65.9 Å². The zero-order valence-electron chi connectivity index (χ0n) is 23.6. The average Bonchev–Trinajstić information content (AvgIpc) is 3.40. The van der Waals surface area contributed by atoms with E-state index >= 15 is 0 Å². The predicted molar refractivity (Wildman–Crippen MR) is 169 cm³/mol. The molecule has 208 valence electrons. The molecule has 0 aliphatic rings. The van der Waals surface area contributed by atoms with Crippen molar-refractivity contribution in [3.63, 3.8) is 0 Å². The number of ether oxygens (including phenoxy) is 1. The Balaban J connectivity index is 1.27. The van der Waals surface area contributed by atoms with E-state index in [9.17, 15) is 4.79 Å². The lowest BCUT2D eigenvalue weighted by molar-refractivity contribution is 0.0954. The number of nitrogens with one attached hydrogen (secondary N) is 1. The largest absolute Gasteiger partial charge is 0.483 e. The molecule has 6 aromatic rings. The molecule has 6 rings (SSSR count). The summed E-state index contributed by atoms with van der Waals surface area (Å²) in [5, 5.41) is 3.05. The maximum Gasteiger partial charge on any atom is 0.251 e. The van der Waals surface area contributed by atoms with Crippen molar-refractivity contribution in [2.75, 3.05) is 6.54 Å². The van der Waals surface area contributed by atoms with E-state index in [2.05, 4.69) is 70.5 Å². The van der Waals surface area contributed by atoms with Gasteiger partial charge in [0.1, 0.15) is 5.75 Å². The number of aromatic nitrogens is 2. The molecule has 5 aromatic carbocycles. The maximum atomic E-state index is 13.0. The summed E-state index contributed by atoms with van der Waals surface area (Å²) in [4.78, 5) is 18.0. The Morgan fingerprint density at radius 1 is 0.762 bits per heavy atom. The van der Waals surface area contributed by atoms with Crippen LogP contribution in [-0.4, -0.2) is 22.0 Å². The molecule has 0 saturated carbocycles. The molecule has 1 heterocycles. The van der Waals surface area contributed by atoms with Crippen LogP contribution in [0.3, 0.4) is 0 Å². The van der Waals surface area contributed by atoms with Crippen LogP contribution in [0.5, 0.6) is 5.75 Å². The molecule has 0 bridgehead atoms. The SMILES string of the molecule is CC(Oc1ccccc1)c1nc2cc(C(=O)NCCc3ccccc3)ccc2n1Cc1ccc(-c2ccccc2)cc1. The fraction of sp³-hybridized carbons (Fsp3) is 0.135. The highest BCUT2D eigenvalue weighted by Gasteiger charge is 2.20. The van der Waals surface area contributed by atoms with Crippen LogP contribution in [0, 0.1) is 0 Å². The van der Waals surface area contributed by atoms with E-state index in [1.165, 1.54) is 16.7 Å². The maximum absolute atomic E-state index is 13.0. The smallest absolute Gasteiger partial charge is 0.251 e. The van der Waals surface area contributed by atoms with Crippen molar-refractivity contribution in [2.45, 2.75) is 26.0 Å². The third-order valence-electron chi connectivity index (χ3n) is 7.40. The van der Waals surface area contributed by atoms with Gasteiger partial charge in [-0.15, -0.1) is 0 Å². The number of imidazole rings is 1. The summed E-state index contributed by atoms with van der Waals surface area (Å²) in [6.07, 6.45) is 0.483. The van der Waals surface area contributed by atoms with Crippen molar-refractivity contribution in [1.29, 1.82) is 0 Å². The summed E-state index contributed by atoms with van der Waals surface area (Å²) in [7, 11) is 0. The Labute approximate surface area is 246 Å². The molecule has 1 unspecified atom stereocenters. The molecule has 0 aliphatic heterocycles. The van der Waals surface area contributed by atoms with Crippen LogP contribution < -0.4 is 10.1 Å². The van der Waals surface area contributed by atoms with Crippen LogP contribution in [0.2, 0.25) is 0 Å². The fourth-order valence-electron chi connectivity index (χ4n) is 5.20. The van der Waals surface area contributed by atoms with Gasteiger partial charge >= 0.3 is 0 Å². The lowest BCUT2D eigenvalue weighted by Crippen LogP contribution is -2.25. The van der Waals surface area contributed by atoms with Gasteiger partial charge in [-0.25, -0.2) is 4.98 Å². The minimum absolute atomic E-state index is 0.103. The molecule has 0 spiro atoms. The standard InChI is InChI=1S/C37H33N3O2/c1-27(42-33-15-9-4-10-16-33)36-39-34-25-32(37(41)38-24-23-28-11-5-2-6-12-28)21-22-35(34)40(36)26-29-17-19-31(20-18-29)30-13-7-3-8-14-30/h2-22,25,27H,23-24,26H2,1H3,(H,38,41). The predicted octanol–water partition coefficient (Wildman–Crippen LogP) is 7.86. The molecule has 5 heteroatoms. The zero-order chi connectivity index (χ0) is 28.7. The average molecular weight is 552 g/mol. The lowest BCUT2D eigenvalue weighted by atomic mass is 10.0. The quantitative estimate of drug-likeness (QED) is 0.189. The number of para-hydroxylation sites is 1. The number of hydrogen-bond acceptors (Lipinski definition) is 3. The minimum atomic E-state index is -0.299. The molecule has 1 aromatic heterocycles. The van der Waals surface area contributed by atoms with Gasteiger partial charge in [0.2, 0.25) is 0 Å². The highest BCUT2D eigenvalue weighted by atomic mass is 16.5. The first kappa shape index (κ1) is 27.0. The molecule has 0 saturated heterocycles. The molecule has 0 fully saturated rings. The summed E-state index contributed by atoms with van der Waals surface area (Å²) in [5.41, 5.74) is 7.05. The first-order valence-electron chi connectivity index (χ1n) is 14.3. The Kier molecular flexibility index (Phi) is 8.09. The topological polar surface area (TPSA) is 56.1 Å². The van der Waals surface area contributed by atoms with Crippen molar-refractivity contribution in [3.8, 4) is 16.9 Å². The van der Waals surface area contributed by atoms with Crippen LogP contribution >= 0.6 is 0 Å². The first-order valence-corrected chi connectivity index (χ1v) is 14.3. The summed E-state index contributed by atoms with van der Waals surface area (Å²) in [5.74, 6) is 1.49. The Morgan fingerprint density at radius 2 is 1.40 bits per heavy atom. The monoisotopic (exact) mass is 551 g/mol. The second-order valence-electron chi connectivity index (χ2n) is 10.4. The van der Waals surface area contributed by atoms with Crippen LogP contribution in [-0.2, 0) is 13.0 Å². The van der Waals surface area contributed by atoms with E-state index in [0.717, 1.165) is 34.6 Å². The Morgan fingerprint density at radius 3 is 2.12 bits per heavy atom. The van der Waals surface area contributed by atoms with Crippen LogP contribution in [0.15, 0.2) is 133 Å². The number of nitrogens with zero attached hydrogens (tertiary/aromatic N) is 2. The van der Waals surface area contributed by atoms with Crippen LogP contribution in [0.25, 0.3) is 22.2 Å². The lowest BCUT2D eigenvalue weighted by Gasteiger charge is -2.17. The van der Waals surface area contributed by atoms with Gasteiger partial charge in [0, 0.05) is 18.7 Å². The molecule has 1 N–H and O–H groups in total. The van der Waals surface area contributed by atoms with E-state index in [1.54, 1.807) is 0 Å². The Bertz CT molecular complexity index is 1760. The molecule has 0 radical (unpaired) electrons. The second-order valence-corrected chi connectivity index (χ2v) is 10.4. The molecule has 1 atom stereocenters. The fourth-order valence-corrected chi connectivity index (χ4v) is 5.20. The Hall–Kier alpha value is -5.16. The van der Waals surface area contributed by atoms with Gasteiger partial charge in [0.15, 0.2) is 11.9 Å². The van der Waals surface area contributed by atoms with E-state index in [4.69, 9.17) is 9.72 Å². The number of rotatable bonds is 10. The van der Waals surface area contributed by atoms with Gasteiger partial charge in [-0.2, -0.15) is 0 Å². The van der Waals surface area contributed by atoms with E-state index in [-0.39, 0.29) is 12.0 Å². The van der Waals surface area contributed by atoms with Gasteiger partial charge in [-0.3, -0.25) is 4.79 Å². The van der Waals surface area contributed by atoms with Gasteiger partial charge in [-0.1, -0.05) is 103 Å². The zero-order valence-corrected chi connectivity index (χ0v) is 23.6. The normalized spacial score (nSPS) is 11.7. The summed E-state index contributed by atoms with van der Waals surface area (Å²) in [6, 6.07) is 44.7. The third-order valence-corrected chi connectivity index (χ3v) is 7.40. The number of hydrogen-bond donors (Lipinski definition) is 1. The number of carbonyl (C=O) groups excluding carboxylic acids is 1. The number of benzene rings is 5. The summed E-state index contributed by atoms with van der Waals surface area (Å²) in [6.45, 7) is 3.22. The molecule has 1 amide bonds. The highest BCUT2D eigenvalue weighted by molar-refractivity contribution is 5.97. The van der Waals surface area contributed by atoms with E-state index < -0.39 is 0 Å². The summed E-state index contributed by atoms with van der Waals surface area (Å²) >= 11 is 0. The van der Waals surface area contributed by atoms with Crippen molar-refractivity contribution in [2.24, 2.45) is 0 Å². The second kappa shape index (κ2) is 12.6. The van der Waals surface area contributed by atoms with Crippen molar-refractivity contribution >= 4 is 16.9 Å². The number of amides is 1. The van der Waals surface area contributed by atoms with E-state index in [0.29, 0.717) is 18.7 Å². The van der Waals surface area contributed by atoms with Gasteiger partial charge < -0.3 is 14.6 Å². The minimum Gasteiger partial charge on any atom is -0.483 e. The molecule has 0 aliphatic carbocycles. The van der Waals surface area contributed by atoms with Crippen molar-refractivity contribution < 1.29 is 9.53 Å². The van der Waals surface area contributed by atoms with Gasteiger partial charge in [0.25, 0.3) is 5.91 Å². The highest BCUT2D eigenvalue weighted by Crippen LogP contribution is 2.28. The van der Waals surface area contributed by atoms with Gasteiger partial charge in [0.05, 0.1) is 11.0 Å². The summed E-state index contributed by atoms with van der Waals surface area (Å²) < 4.78 is 8.49. The number of fused-ring (bicyclic) bond motifs is 1. The molecular formula is C37H33N3O2. The van der Waals surface area contributed by atoms with Crippen molar-refractivity contribution in [3.05, 3.63) is 156 Å². The first-order chi connectivity index (χ1) is 20.6. The molecular weight excluding hydrogens is 518 g/mol. The van der Waals surface area contributed by atoms with Crippen LogP contribution in [0.4, 0.5) is 0 Å².